The van der Waals surface area contributed by atoms with Gasteiger partial charge in [0.05, 0.1) is 30.0 Å². The molecule has 2 aromatic heterocycles. The van der Waals surface area contributed by atoms with Gasteiger partial charge in [-0.2, -0.15) is 0 Å². The van der Waals surface area contributed by atoms with E-state index in [-0.39, 0.29) is 18.4 Å². The number of amides is 1. The Bertz CT molecular complexity index is 584. The van der Waals surface area contributed by atoms with Crippen molar-refractivity contribution in [2.75, 3.05) is 0 Å². The summed E-state index contributed by atoms with van der Waals surface area (Å²) in [6.45, 7) is 3.61. The molecular weight excluding hydrogens is 286 g/mol. The van der Waals surface area contributed by atoms with Crippen LogP contribution in [0.3, 0.4) is 0 Å². The number of hydrogen-bond acceptors (Lipinski definition) is 5. The number of aliphatic hydroxyl groups excluding tert-OH is 1. The lowest BCUT2D eigenvalue weighted by atomic mass is 10.1. The van der Waals surface area contributed by atoms with Crippen LogP contribution in [-0.4, -0.2) is 33.1 Å². The molecule has 0 unspecified atom stereocenters. The number of nitrogens with zero attached hydrogens (tertiary/aromatic N) is 2. The normalized spacial score (nSPS) is 13.7. The Labute approximate surface area is 128 Å². The lowest BCUT2D eigenvalue weighted by Gasteiger charge is -2.19. The number of aromatic nitrogens is 2. The lowest BCUT2D eigenvalue weighted by molar-refractivity contribution is -0.122. The smallest absolute Gasteiger partial charge is 0.226 e. The number of carbonyl (C=O) groups is 1. The third-order valence-corrected chi connectivity index (χ3v) is 4.06. The van der Waals surface area contributed by atoms with E-state index < -0.39 is 6.10 Å². The van der Waals surface area contributed by atoms with Crippen LogP contribution in [-0.2, 0) is 11.2 Å². The maximum atomic E-state index is 12.0. The van der Waals surface area contributed by atoms with Crippen LogP contribution in [0.1, 0.15) is 26.0 Å². The summed E-state index contributed by atoms with van der Waals surface area (Å²) in [4.78, 5) is 20.6. The van der Waals surface area contributed by atoms with Crippen LogP contribution in [0, 0.1) is 0 Å². The molecule has 0 bridgehead atoms. The van der Waals surface area contributed by atoms with Gasteiger partial charge >= 0.3 is 0 Å². The minimum atomic E-state index is -0.557. The summed E-state index contributed by atoms with van der Waals surface area (Å²) in [5.74, 6) is -0.124. The van der Waals surface area contributed by atoms with E-state index in [9.17, 15) is 9.90 Å². The first-order chi connectivity index (χ1) is 10.1. The molecule has 0 aromatic carbocycles. The van der Waals surface area contributed by atoms with Gasteiger partial charge in [0.25, 0.3) is 0 Å². The van der Waals surface area contributed by atoms with Crippen molar-refractivity contribution in [2.45, 2.75) is 38.8 Å². The number of carbonyl (C=O) groups excluding carboxylic acids is 1. The highest BCUT2D eigenvalue weighted by Gasteiger charge is 2.16. The second-order valence-electron chi connectivity index (χ2n) is 4.86. The number of pyridine rings is 1. The molecule has 112 valence electrons. The third kappa shape index (κ3) is 4.34. The minimum absolute atomic E-state index is 0.124. The van der Waals surface area contributed by atoms with E-state index in [0.29, 0.717) is 6.42 Å². The van der Waals surface area contributed by atoms with Crippen LogP contribution >= 0.6 is 11.3 Å². The zero-order valence-corrected chi connectivity index (χ0v) is 12.9. The largest absolute Gasteiger partial charge is 0.391 e. The van der Waals surface area contributed by atoms with Gasteiger partial charge in [0.1, 0.15) is 5.01 Å². The van der Waals surface area contributed by atoms with Crippen LogP contribution in [0.5, 0.6) is 0 Å². The maximum Gasteiger partial charge on any atom is 0.226 e. The van der Waals surface area contributed by atoms with Gasteiger partial charge in [0, 0.05) is 11.6 Å². The highest BCUT2D eigenvalue weighted by molar-refractivity contribution is 7.13. The molecule has 6 heteroatoms. The van der Waals surface area contributed by atoms with E-state index in [2.05, 4.69) is 15.3 Å². The molecule has 1 amide bonds. The Morgan fingerprint density at radius 3 is 2.90 bits per heavy atom. The van der Waals surface area contributed by atoms with E-state index in [1.165, 1.54) is 11.3 Å². The highest BCUT2D eigenvalue weighted by atomic mass is 32.1. The molecule has 0 radical (unpaired) electrons. The van der Waals surface area contributed by atoms with Gasteiger partial charge in [-0.05, 0) is 25.5 Å². The highest BCUT2D eigenvalue weighted by Crippen LogP contribution is 2.21. The minimum Gasteiger partial charge on any atom is -0.391 e. The number of aliphatic hydroxyl groups is 1. The van der Waals surface area contributed by atoms with Crippen molar-refractivity contribution in [1.82, 2.24) is 15.3 Å². The molecule has 2 N–H and O–H groups in total. The topological polar surface area (TPSA) is 75.1 Å². The van der Waals surface area contributed by atoms with Crippen molar-refractivity contribution in [3.05, 3.63) is 35.5 Å². The fourth-order valence-corrected chi connectivity index (χ4v) is 2.78. The van der Waals surface area contributed by atoms with Crippen molar-refractivity contribution in [3.63, 3.8) is 0 Å². The summed E-state index contributed by atoms with van der Waals surface area (Å²) in [6, 6.07) is 5.44. The summed E-state index contributed by atoms with van der Waals surface area (Å²) >= 11 is 1.47. The quantitative estimate of drug-likeness (QED) is 0.856. The second kappa shape index (κ2) is 7.28. The molecule has 0 saturated carbocycles. The van der Waals surface area contributed by atoms with Gasteiger partial charge in [-0.1, -0.05) is 13.0 Å². The SMILES string of the molecule is CC[C@@H](NC(=O)Cc1csc(-c2ccccn2)n1)[C@@H](C)O. The summed E-state index contributed by atoms with van der Waals surface area (Å²) in [5, 5.41) is 15.0. The molecule has 0 spiro atoms. The molecule has 21 heavy (non-hydrogen) atoms. The Hall–Kier alpha value is -1.79. The molecule has 0 fully saturated rings. The summed E-state index contributed by atoms with van der Waals surface area (Å²) in [7, 11) is 0. The molecule has 2 aromatic rings. The van der Waals surface area contributed by atoms with Crippen molar-refractivity contribution in [3.8, 4) is 10.7 Å². The molecule has 0 aliphatic rings. The fourth-order valence-electron chi connectivity index (χ4n) is 1.98. The third-order valence-electron chi connectivity index (χ3n) is 3.15. The number of nitrogens with one attached hydrogen (secondary N) is 1. The predicted molar refractivity (Wildman–Crippen MR) is 83.0 cm³/mol. The average Bonchev–Trinajstić information content (AvgIpc) is 2.93. The molecule has 2 atom stereocenters. The molecule has 0 aliphatic carbocycles. The second-order valence-corrected chi connectivity index (χ2v) is 5.72. The van der Waals surface area contributed by atoms with Gasteiger partial charge in [0.15, 0.2) is 0 Å². The van der Waals surface area contributed by atoms with Crippen LogP contribution in [0.4, 0.5) is 0 Å². The summed E-state index contributed by atoms with van der Waals surface area (Å²) in [6.07, 6.45) is 2.07. The number of thiazole rings is 1. The van der Waals surface area contributed by atoms with Crippen molar-refractivity contribution in [1.29, 1.82) is 0 Å². The fraction of sp³-hybridized carbons (Fsp3) is 0.400. The number of rotatable bonds is 6. The van der Waals surface area contributed by atoms with Crippen LogP contribution < -0.4 is 5.32 Å². The van der Waals surface area contributed by atoms with Gasteiger partial charge in [-0.25, -0.2) is 4.98 Å². The molecule has 2 heterocycles. The van der Waals surface area contributed by atoms with Crippen molar-refractivity contribution < 1.29 is 9.90 Å². The Morgan fingerprint density at radius 1 is 1.48 bits per heavy atom. The van der Waals surface area contributed by atoms with Crippen LogP contribution in [0.25, 0.3) is 10.7 Å². The summed E-state index contributed by atoms with van der Waals surface area (Å²) < 4.78 is 0. The average molecular weight is 305 g/mol. The van der Waals surface area contributed by atoms with Gasteiger partial charge < -0.3 is 10.4 Å². The Balaban J connectivity index is 1.98. The predicted octanol–water partition coefficient (Wildman–Crippen LogP) is 2.02. The molecule has 0 aliphatic heterocycles. The molecular formula is C15H19N3O2S. The van der Waals surface area contributed by atoms with Gasteiger partial charge in [-0.15, -0.1) is 11.3 Å². The molecule has 5 nitrogen and oxygen atoms in total. The van der Waals surface area contributed by atoms with Crippen molar-refractivity contribution in [2.24, 2.45) is 0 Å². The van der Waals surface area contributed by atoms with Gasteiger partial charge in [-0.3, -0.25) is 9.78 Å². The van der Waals surface area contributed by atoms with E-state index in [1.54, 1.807) is 13.1 Å². The lowest BCUT2D eigenvalue weighted by Crippen LogP contribution is -2.42. The Morgan fingerprint density at radius 2 is 2.29 bits per heavy atom. The zero-order valence-electron chi connectivity index (χ0n) is 12.1. The standard InChI is InChI=1S/C15H19N3O2S/c1-3-12(10(2)19)18-14(20)8-11-9-21-15(17-11)13-6-4-5-7-16-13/h4-7,9-10,12,19H,3,8H2,1-2H3,(H,18,20)/t10-,12-/m1/s1. The monoisotopic (exact) mass is 305 g/mol. The maximum absolute atomic E-state index is 12.0. The zero-order chi connectivity index (χ0) is 15.2. The molecule has 0 saturated heterocycles. The first kappa shape index (κ1) is 15.6. The number of hydrogen-bond donors (Lipinski definition) is 2. The van der Waals surface area contributed by atoms with E-state index in [0.717, 1.165) is 16.4 Å². The van der Waals surface area contributed by atoms with Crippen LogP contribution in [0.2, 0.25) is 0 Å². The van der Waals surface area contributed by atoms with E-state index in [4.69, 9.17) is 0 Å². The van der Waals surface area contributed by atoms with Gasteiger partial charge in [0.2, 0.25) is 5.91 Å². The first-order valence-electron chi connectivity index (χ1n) is 6.93. The van der Waals surface area contributed by atoms with E-state index >= 15 is 0 Å². The van der Waals surface area contributed by atoms with Crippen LogP contribution in [0.15, 0.2) is 29.8 Å². The Kier molecular flexibility index (Phi) is 5.41. The molecule has 2 rings (SSSR count). The first-order valence-corrected chi connectivity index (χ1v) is 7.81. The van der Waals surface area contributed by atoms with Crippen molar-refractivity contribution >= 4 is 17.2 Å². The summed E-state index contributed by atoms with van der Waals surface area (Å²) in [5.41, 5.74) is 1.53. The van der Waals surface area contributed by atoms with E-state index in [1.807, 2.05) is 30.5 Å².